The topological polar surface area (TPSA) is 30.0 Å². The summed E-state index contributed by atoms with van der Waals surface area (Å²) >= 11 is 1.25. The first-order valence-electron chi connectivity index (χ1n) is 6.37. The van der Waals surface area contributed by atoms with E-state index in [-0.39, 0.29) is 5.78 Å². The molecular formula is C17H13NOS. The second-order valence-corrected chi connectivity index (χ2v) is 5.44. The lowest BCUT2D eigenvalue weighted by atomic mass is 10.1. The summed E-state index contributed by atoms with van der Waals surface area (Å²) in [7, 11) is 0. The van der Waals surface area contributed by atoms with Crippen molar-refractivity contribution in [3.63, 3.8) is 0 Å². The lowest BCUT2D eigenvalue weighted by molar-refractivity contribution is 0.104. The van der Waals surface area contributed by atoms with Crippen LogP contribution in [0, 0.1) is 6.92 Å². The molecule has 0 spiro atoms. The van der Waals surface area contributed by atoms with Crippen LogP contribution >= 0.6 is 11.5 Å². The maximum absolute atomic E-state index is 12.4. The van der Waals surface area contributed by atoms with Crippen molar-refractivity contribution < 1.29 is 4.79 Å². The zero-order valence-corrected chi connectivity index (χ0v) is 11.9. The summed E-state index contributed by atoms with van der Waals surface area (Å²) in [5.41, 5.74) is 3.74. The lowest BCUT2D eigenvalue weighted by Crippen LogP contribution is -1.97. The van der Waals surface area contributed by atoms with Crippen molar-refractivity contribution >= 4 is 17.3 Å². The van der Waals surface area contributed by atoms with Gasteiger partial charge in [0.25, 0.3) is 0 Å². The maximum atomic E-state index is 12.4. The third-order valence-electron chi connectivity index (χ3n) is 3.12. The fraction of sp³-hybridized carbons (Fsp3) is 0.0588. The molecule has 0 bridgehead atoms. The first kappa shape index (κ1) is 12.8. The second kappa shape index (κ2) is 5.39. The molecule has 0 amide bonds. The van der Waals surface area contributed by atoms with Gasteiger partial charge in [-0.3, -0.25) is 4.79 Å². The summed E-state index contributed by atoms with van der Waals surface area (Å²) in [4.78, 5) is 13.0. The Morgan fingerprint density at radius 1 is 1.00 bits per heavy atom. The molecule has 2 nitrogen and oxygen atoms in total. The molecule has 0 saturated carbocycles. The van der Waals surface area contributed by atoms with E-state index in [0.717, 1.165) is 16.8 Å². The SMILES string of the molecule is Cc1ccc(C(=O)c2cc(-c3ccccc3)ns2)cc1. The first-order valence-corrected chi connectivity index (χ1v) is 7.15. The summed E-state index contributed by atoms with van der Waals surface area (Å²) in [5.74, 6) is 0.0321. The van der Waals surface area contributed by atoms with Gasteiger partial charge in [-0.1, -0.05) is 60.2 Å². The first-order chi connectivity index (χ1) is 9.74. The highest BCUT2D eigenvalue weighted by molar-refractivity contribution is 7.08. The molecule has 0 N–H and O–H groups in total. The van der Waals surface area contributed by atoms with Crippen LogP contribution in [-0.2, 0) is 0 Å². The van der Waals surface area contributed by atoms with Crippen LogP contribution in [0.2, 0.25) is 0 Å². The molecule has 0 atom stereocenters. The number of benzene rings is 2. The van der Waals surface area contributed by atoms with Crippen LogP contribution in [0.15, 0.2) is 60.7 Å². The molecule has 0 radical (unpaired) electrons. The fourth-order valence-electron chi connectivity index (χ4n) is 1.97. The number of rotatable bonds is 3. The van der Waals surface area contributed by atoms with Gasteiger partial charge in [0, 0.05) is 11.1 Å². The summed E-state index contributed by atoms with van der Waals surface area (Å²) in [5, 5.41) is 0. The molecule has 0 fully saturated rings. The van der Waals surface area contributed by atoms with E-state index in [1.807, 2.05) is 67.6 Å². The van der Waals surface area contributed by atoms with Gasteiger partial charge in [0.1, 0.15) is 0 Å². The normalized spacial score (nSPS) is 10.4. The van der Waals surface area contributed by atoms with Gasteiger partial charge in [-0.2, -0.15) is 4.37 Å². The highest BCUT2D eigenvalue weighted by Crippen LogP contribution is 2.23. The maximum Gasteiger partial charge on any atom is 0.204 e. The lowest BCUT2D eigenvalue weighted by Gasteiger charge is -1.98. The molecule has 3 rings (SSSR count). The number of carbonyl (C=O) groups is 1. The monoisotopic (exact) mass is 279 g/mol. The van der Waals surface area contributed by atoms with Crippen LogP contribution < -0.4 is 0 Å². The Balaban J connectivity index is 1.90. The van der Waals surface area contributed by atoms with Crippen molar-refractivity contribution in [3.8, 4) is 11.3 Å². The minimum Gasteiger partial charge on any atom is -0.288 e. The van der Waals surface area contributed by atoms with E-state index in [1.165, 1.54) is 11.5 Å². The number of carbonyl (C=O) groups excluding carboxylic acids is 1. The van der Waals surface area contributed by atoms with Crippen LogP contribution in [0.5, 0.6) is 0 Å². The molecule has 2 aromatic carbocycles. The average molecular weight is 279 g/mol. The largest absolute Gasteiger partial charge is 0.288 e. The second-order valence-electron chi connectivity index (χ2n) is 4.64. The molecule has 0 aliphatic rings. The molecule has 3 aromatic rings. The average Bonchev–Trinajstić information content (AvgIpc) is 2.98. The number of ketones is 1. The Morgan fingerprint density at radius 3 is 2.40 bits per heavy atom. The third kappa shape index (κ3) is 2.53. The quantitative estimate of drug-likeness (QED) is 0.667. The summed E-state index contributed by atoms with van der Waals surface area (Å²) in [6, 6.07) is 19.4. The molecule has 1 aromatic heterocycles. The van der Waals surface area contributed by atoms with Crippen molar-refractivity contribution in [2.75, 3.05) is 0 Å². The number of aryl methyl sites for hydroxylation is 1. The Bertz CT molecular complexity index is 729. The van der Waals surface area contributed by atoms with E-state index in [9.17, 15) is 4.79 Å². The van der Waals surface area contributed by atoms with Gasteiger partial charge in [0.15, 0.2) is 0 Å². The predicted octanol–water partition coefficient (Wildman–Crippen LogP) is 4.35. The molecular weight excluding hydrogens is 266 g/mol. The highest BCUT2D eigenvalue weighted by Gasteiger charge is 2.13. The van der Waals surface area contributed by atoms with Gasteiger partial charge in [0.2, 0.25) is 5.78 Å². The number of hydrogen-bond acceptors (Lipinski definition) is 3. The molecule has 0 aliphatic carbocycles. The van der Waals surface area contributed by atoms with Gasteiger partial charge in [-0.25, -0.2) is 0 Å². The molecule has 98 valence electrons. The number of aromatic nitrogens is 1. The van der Waals surface area contributed by atoms with Crippen molar-refractivity contribution in [2.24, 2.45) is 0 Å². The van der Waals surface area contributed by atoms with E-state index >= 15 is 0 Å². The van der Waals surface area contributed by atoms with Gasteiger partial charge in [0.05, 0.1) is 10.6 Å². The van der Waals surface area contributed by atoms with E-state index in [4.69, 9.17) is 0 Å². The zero-order valence-electron chi connectivity index (χ0n) is 11.0. The zero-order chi connectivity index (χ0) is 13.9. The van der Waals surface area contributed by atoms with E-state index in [2.05, 4.69) is 4.37 Å². The van der Waals surface area contributed by atoms with Crippen molar-refractivity contribution in [3.05, 3.63) is 76.7 Å². The summed E-state index contributed by atoms with van der Waals surface area (Å²) in [6.07, 6.45) is 0. The fourth-order valence-corrected chi connectivity index (χ4v) is 2.69. The van der Waals surface area contributed by atoms with E-state index in [0.29, 0.717) is 10.4 Å². The number of hydrogen-bond donors (Lipinski definition) is 0. The third-order valence-corrected chi connectivity index (χ3v) is 3.91. The molecule has 1 heterocycles. The summed E-state index contributed by atoms with van der Waals surface area (Å²) < 4.78 is 4.37. The van der Waals surface area contributed by atoms with Gasteiger partial charge < -0.3 is 0 Å². The number of nitrogens with zero attached hydrogens (tertiary/aromatic N) is 1. The molecule has 0 saturated heterocycles. The molecule has 3 heteroatoms. The van der Waals surface area contributed by atoms with Crippen LogP contribution in [0.25, 0.3) is 11.3 Å². The van der Waals surface area contributed by atoms with Crippen LogP contribution in [-0.4, -0.2) is 10.2 Å². The Morgan fingerprint density at radius 2 is 1.70 bits per heavy atom. The molecule has 0 unspecified atom stereocenters. The van der Waals surface area contributed by atoms with Crippen LogP contribution in [0.1, 0.15) is 20.8 Å². The van der Waals surface area contributed by atoms with Crippen LogP contribution in [0.4, 0.5) is 0 Å². The van der Waals surface area contributed by atoms with E-state index in [1.54, 1.807) is 0 Å². The highest BCUT2D eigenvalue weighted by atomic mass is 32.1. The Kier molecular flexibility index (Phi) is 3.44. The van der Waals surface area contributed by atoms with E-state index < -0.39 is 0 Å². The Labute approximate surface area is 121 Å². The van der Waals surface area contributed by atoms with Gasteiger partial charge >= 0.3 is 0 Å². The minimum atomic E-state index is 0.0321. The Hall–Kier alpha value is -2.26. The van der Waals surface area contributed by atoms with Gasteiger partial charge in [-0.05, 0) is 24.5 Å². The summed E-state index contributed by atoms with van der Waals surface area (Å²) in [6.45, 7) is 2.01. The minimum absolute atomic E-state index is 0.0321. The van der Waals surface area contributed by atoms with Crippen LogP contribution in [0.3, 0.4) is 0 Å². The standard InChI is InChI=1S/C17H13NOS/c1-12-7-9-14(10-8-12)17(19)16-11-15(18-20-16)13-5-3-2-4-6-13/h2-11H,1H3. The molecule has 0 aliphatic heterocycles. The van der Waals surface area contributed by atoms with Crippen molar-refractivity contribution in [1.82, 2.24) is 4.37 Å². The molecule has 20 heavy (non-hydrogen) atoms. The predicted molar refractivity (Wildman–Crippen MR) is 82.2 cm³/mol. The van der Waals surface area contributed by atoms with Crippen molar-refractivity contribution in [1.29, 1.82) is 0 Å². The van der Waals surface area contributed by atoms with Gasteiger partial charge in [-0.15, -0.1) is 0 Å². The smallest absolute Gasteiger partial charge is 0.204 e. The van der Waals surface area contributed by atoms with Crippen molar-refractivity contribution in [2.45, 2.75) is 6.92 Å².